The maximum atomic E-state index is 10.3. The van der Waals surface area contributed by atoms with Crippen molar-refractivity contribution in [1.82, 2.24) is 0 Å². The van der Waals surface area contributed by atoms with Crippen LogP contribution in [0.2, 0.25) is 0 Å². The Morgan fingerprint density at radius 3 is 2.44 bits per heavy atom. The van der Waals surface area contributed by atoms with Crippen LogP contribution in [0.25, 0.3) is 0 Å². The van der Waals surface area contributed by atoms with E-state index in [9.17, 15) is 4.79 Å². The van der Waals surface area contributed by atoms with Gasteiger partial charge < -0.3 is 5.11 Å². The lowest BCUT2D eigenvalue weighted by atomic mass is 10.3. The molecule has 0 atom stereocenters. The molecule has 2 nitrogen and oxygen atoms in total. The van der Waals surface area contributed by atoms with Gasteiger partial charge in [-0.05, 0) is 19.9 Å². The fraction of sp³-hybridized carbons (Fsp3) is 0.286. The molecule has 0 saturated heterocycles. The largest absolute Gasteiger partial charge is 0.508 e. The van der Waals surface area contributed by atoms with Crippen LogP contribution in [0, 0.1) is 0 Å². The number of aliphatic hydroxyl groups excluding tert-OH is 1. The fourth-order valence-electron chi connectivity index (χ4n) is 0.427. The van der Waals surface area contributed by atoms with Gasteiger partial charge in [-0.25, -0.2) is 0 Å². The summed E-state index contributed by atoms with van der Waals surface area (Å²) in [6, 6.07) is 0. The van der Waals surface area contributed by atoms with E-state index in [4.69, 9.17) is 5.11 Å². The Morgan fingerprint density at radius 2 is 2.11 bits per heavy atom. The molecule has 0 heterocycles. The first-order valence-corrected chi connectivity index (χ1v) is 2.70. The molecule has 0 amide bonds. The van der Waals surface area contributed by atoms with E-state index >= 15 is 0 Å². The molecule has 0 unspecified atom stereocenters. The van der Waals surface area contributed by atoms with E-state index in [1.54, 1.807) is 13.0 Å². The molecule has 9 heavy (non-hydrogen) atoms. The molecule has 0 bridgehead atoms. The molecule has 0 fully saturated rings. The van der Waals surface area contributed by atoms with Crippen molar-refractivity contribution >= 4 is 5.78 Å². The lowest BCUT2D eigenvalue weighted by Gasteiger charge is -1.84. The van der Waals surface area contributed by atoms with E-state index < -0.39 is 0 Å². The summed E-state index contributed by atoms with van der Waals surface area (Å²) in [6.45, 7) is 3.16. The highest BCUT2D eigenvalue weighted by Crippen LogP contribution is 1.89. The average Bonchev–Trinajstić information content (AvgIpc) is 1.63. The molecule has 0 saturated carbocycles. The second-order valence-electron chi connectivity index (χ2n) is 1.68. The predicted octanol–water partition coefficient (Wildman–Crippen LogP) is 1.59. The molecule has 0 aliphatic heterocycles. The Hall–Kier alpha value is -1.05. The maximum absolute atomic E-state index is 10.3. The summed E-state index contributed by atoms with van der Waals surface area (Å²) in [5.74, 6) is -0.143. The number of allylic oxidation sites excluding steroid dienone is 3. The molecular weight excluding hydrogens is 116 g/mol. The summed E-state index contributed by atoms with van der Waals surface area (Å²) < 4.78 is 0. The summed E-state index contributed by atoms with van der Waals surface area (Å²) in [4.78, 5) is 10.3. The maximum Gasteiger partial charge on any atom is 0.156 e. The molecule has 0 rings (SSSR count). The number of carbonyl (C=O) groups excluding carboxylic acids is 1. The van der Waals surface area contributed by atoms with Gasteiger partial charge in [-0.3, -0.25) is 4.79 Å². The zero-order valence-corrected chi connectivity index (χ0v) is 5.59. The average molecular weight is 126 g/mol. The summed E-state index contributed by atoms with van der Waals surface area (Å²) in [5, 5.41) is 8.77. The van der Waals surface area contributed by atoms with Gasteiger partial charge in [0.05, 0.1) is 0 Å². The first-order chi connectivity index (χ1) is 4.16. The summed E-state index contributed by atoms with van der Waals surface area (Å²) in [5.41, 5.74) is 0. The molecular formula is C7H10O2. The third-order valence-corrected chi connectivity index (χ3v) is 0.689. The van der Waals surface area contributed by atoms with Crippen LogP contribution in [0.3, 0.4) is 0 Å². The smallest absolute Gasteiger partial charge is 0.156 e. The summed E-state index contributed by atoms with van der Waals surface area (Å²) >= 11 is 0. The third-order valence-electron chi connectivity index (χ3n) is 0.689. The van der Waals surface area contributed by atoms with Crippen molar-refractivity contribution in [2.24, 2.45) is 0 Å². The lowest BCUT2D eigenvalue weighted by molar-refractivity contribution is -0.112. The normalized spacial score (nSPS) is 12.4. The van der Waals surface area contributed by atoms with Crippen LogP contribution in [0.1, 0.15) is 13.8 Å². The van der Waals surface area contributed by atoms with Gasteiger partial charge in [0.25, 0.3) is 0 Å². The van der Waals surface area contributed by atoms with Crippen molar-refractivity contribution in [3.8, 4) is 0 Å². The third kappa shape index (κ3) is 4.81. The van der Waals surface area contributed by atoms with E-state index in [0.717, 1.165) is 0 Å². The van der Waals surface area contributed by atoms with Gasteiger partial charge in [0.2, 0.25) is 0 Å². The molecule has 0 aromatic rings. The molecule has 50 valence electrons. The van der Waals surface area contributed by atoms with Gasteiger partial charge in [0.15, 0.2) is 5.78 Å². The van der Waals surface area contributed by atoms with Crippen molar-refractivity contribution in [3.05, 3.63) is 24.0 Å². The van der Waals surface area contributed by atoms with Gasteiger partial charge in [-0.15, -0.1) is 0 Å². The lowest BCUT2D eigenvalue weighted by Crippen LogP contribution is -1.84. The van der Waals surface area contributed by atoms with E-state index in [2.05, 4.69) is 0 Å². The van der Waals surface area contributed by atoms with E-state index in [0.29, 0.717) is 0 Å². The molecule has 0 aliphatic carbocycles. The molecule has 1 N–H and O–H groups in total. The first kappa shape index (κ1) is 7.95. The van der Waals surface area contributed by atoms with Gasteiger partial charge in [0.1, 0.15) is 5.76 Å². The van der Waals surface area contributed by atoms with Gasteiger partial charge in [-0.1, -0.05) is 6.08 Å². The van der Waals surface area contributed by atoms with Crippen LogP contribution in [0.5, 0.6) is 0 Å². The van der Waals surface area contributed by atoms with Crippen LogP contribution in [0.15, 0.2) is 24.0 Å². The Labute approximate surface area is 54.5 Å². The van der Waals surface area contributed by atoms with Gasteiger partial charge >= 0.3 is 0 Å². The molecule has 0 aliphatic rings. The quantitative estimate of drug-likeness (QED) is 0.346. The Kier molecular flexibility index (Phi) is 3.44. The molecule has 0 aromatic carbocycles. The van der Waals surface area contributed by atoms with Crippen molar-refractivity contribution in [3.63, 3.8) is 0 Å². The Balaban J connectivity index is 4.00. The number of ketones is 1. The second-order valence-corrected chi connectivity index (χ2v) is 1.68. The minimum absolute atomic E-state index is 0.00463. The highest BCUT2D eigenvalue weighted by Gasteiger charge is 1.86. The summed E-state index contributed by atoms with van der Waals surface area (Å²) in [6.07, 6.45) is 4.29. The van der Waals surface area contributed by atoms with Crippen LogP contribution >= 0.6 is 0 Å². The highest BCUT2D eigenvalue weighted by atomic mass is 16.3. The standard InChI is InChI=1S/C7H10O2/c1-3-4-7(9)5-6(2)8/h3-5,9H,1-2H3/b4-3+,7-5-. The zero-order valence-electron chi connectivity index (χ0n) is 5.59. The molecule has 2 heteroatoms. The molecule has 0 aromatic heterocycles. The monoisotopic (exact) mass is 126 g/mol. The Morgan fingerprint density at radius 1 is 1.56 bits per heavy atom. The van der Waals surface area contributed by atoms with Gasteiger partial charge in [-0.2, -0.15) is 0 Å². The van der Waals surface area contributed by atoms with Crippen LogP contribution in [0.4, 0.5) is 0 Å². The highest BCUT2D eigenvalue weighted by molar-refractivity contribution is 5.87. The minimum atomic E-state index is -0.148. The van der Waals surface area contributed by atoms with E-state index in [1.165, 1.54) is 19.1 Å². The van der Waals surface area contributed by atoms with E-state index in [-0.39, 0.29) is 11.5 Å². The van der Waals surface area contributed by atoms with Gasteiger partial charge in [0, 0.05) is 6.08 Å². The summed E-state index contributed by atoms with van der Waals surface area (Å²) in [7, 11) is 0. The number of rotatable bonds is 2. The second kappa shape index (κ2) is 3.89. The molecule has 0 radical (unpaired) electrons. The van der Waals surface area contributed by atoms with Crippen molar-refractivity contribution < 1.29 is 9.90 Å². The molecule has 0 spiro atoms. The number of carbonyl (C=O) groups is 1. The van der Waals surface area contributed by atoms with Crippen LogP contribution in [-0.2, 0) is 4.79 Å². The first-order valence-electron chi connectivity index (χ1n) is 2.70. The fourth-order valence-corrected chi connectivity index (χ4v) is 0.427. The van der Waals surface area contributed by atoms with Crippen LogP contribution < -0.4 is 0 Å². The minimum Gasteiger partial charge on any atom is -0.508 e. The SMILES string of the molecule is C/C=C/C(O)=C/C(C)=O. The number of hydrogen-bond acceptors (Lipinski definition) is 2. The topological polar surface area (TPSA) is 37.3 Å². The van der Waals surface area contributed by atoms with Crippen molar-refractivity contribution in [1.29, 1.82) is 0 Å². The zero-order chi connectivity index (χ0) is 7.28. The Bertz CT molecular complexity index is 154. The van der Waals surface area contributed by atoms with Crippen molar-refractivity contribution in [2.75, 3.05) is 0 Å². The van der Waals surface area contributed by atoms with Crippen molar-refractivity contribution in [2.45, 2.75) is 13.8 Å². The predicted molar refractivity (Wildman–Crippen MR) is 36.2 cm³/mol. The van der Waals surface area contributed by atoms with Crippen LogP contribution in [-0.4, -0.2) is 10.9 Å². The number of aliphatic hydroxyl groups is 1. The number of hydrogen-bond donors (Lipinski definition) is 1. The van der Waals surface area contributed by atoms with E-state index in [1.807, 2.05) is 0 Å².